The number of unbranched alkanes of at least 4 members (excludes halogenated alkanes) is 1. The Morgan fingerprint density at radius 3 is 2.04 bits per heavy atom. The van der Waals surface area contributed by atoms with Gasteiger partial charge in [-0.1, -0.05) is 55.8 Å². The number of imide groups is 1. The first-order chi connectivity index (χ1) is 13.7. The number of hydrogen-bond donors (Lipinski definition) is 0. The van der Waals surface area contributed by atoms with Crippen molar-refractivity contribution in [3.8, 4) is 5.69 Å². The summed E-state index contributed by atoms with van der Waals surface area (Å²) in [7, 11) is 0. The minimum absolute atomic E-state index is 0.184. The molecule has 0 unspecified atom stereocenters. The Morgan fingerprint density at radius 1 is 0.750 bits per heavy atom. The summed E-state index contributed by atoms with van der Waals surface area (Å²) in [5.74, 6) is -0.373. The molecule has 0 aliphatic carbocycles. The molecule has 0 saturated heterocycles. The minimum Gasteiger partial charge on any atom is -0.308 e. The number of fused-ring (bicyclic) bond motifs is 4. The molecule has 1 aromatic heterocycles. The van der Waals surface area contributed by atoms with Crippen LogP contribution in [-0.2, 0) is 0 Å². The zero-order chi connectivity index (χ0) is 19.3. The van der Waals surface area contributed by atoms with Gasteiger partial charge in [0.1, 0.15) is 0 Å². The zero-order valence-corrected chi connectivity index (χ0v) is 15.7. The summed E-state index contributed by atoms with van der Waals surface area (Å²) >= 11 is 0. The van der Waals surface area contributed by atoms with Gasteiger partial charge >= 0.3 is 0 Å². The predicted octanol–water partition coefficient (Wildman–Crippen LogP) is 5.18. The Labute approximate surface area is 163 Å². The normalized spacial score (nSPS) is 13.7. The molecule has 0 radical (unpaired) electrons. The van der Waals surface area contributed by atoms with E-state index in [-0.39, 0.29) is 11.8 Å². The van der Waals surface area contributed by atoms with Gasteiger partial charge in [0.2, 0.25) is 0 Å². The lowest BCUT2D eigenvalue weighted by Gasteiger charge is -2.14. The lowest BCUT2D eigenvalue weighted by atomic mass is 10.1. The SMILES string of the molecule is CCCCN1C(=O)c2cccc(-n3c4ccccc4c4ccccc43)c2C1=O. The molecule has 5 rings (SSSR count). The summed E-state index contributed by atoms with van der Waals surface area (Å²) in [6.45, 7) is 2.52. The second kappa shape index (κ2) is 6.34. The van der Waals surface area contributed by atoms with E-state index < -0.39 is 0 Å². The number of carbonyl (C=O) groups excluding carboxylic acids is 2. The van der Waals surface area contributed by atoms with Crippen LogP contribution < -0.4 is 0 Å². The summed E-state index contributed by atoms with van der Waals surface area (Å²) in [4.78, 5) is 27.4. The van der Waals surface area contributed by atoms with Crippen molar-refractivity contribution >= 4 is 33.6 Å². The number of aromatic nitrogens is 1. The van der Waals surface area contributed by atoms with Crippen LogP contribution in [0.1, 0.15) is 40.5 Å². The van der Waals surface area contributed by atoms with Crippen LogP contribution in [0.5, 0.6) is 0 Å². The third-order valence-electron chi connectivity index (χ3n) is 5.53. The summed E-state index contributed by atoms with van der Waals surface area (Å²) in [6, 6.07) is 21.9. The summed E-state index contributed by atoms with van der Waals surface area (Å²) in [5, 5.41) is 2.27. The van der Waals surface area contributed by atoms with Gasteiger partial charge in [-0.3, -0.25) is 14.5 Å². The van der Waals surface area contributed by atoms with Crippen molar-refractivity contribution in [3.05, 3.63) is 77.9 Å². The van der Waals surface area contributed by atoms with E-state index in [0.29, 0.717) is 17.7 Å². The molecule has 2 amide bonds. The van der Waals surface area contributed by atoms with E-state index in [2.05, 4.69) is 35.8 Å². The predicted molar refractivity (Wildman–Crippen MR) is 111 cm³/mol. The van der Waals surface area contributed by atoms with Crippen molar-refractivity contribution in [2.45, 2.75) is 19.8 Å². The molecular formula is C24H20N2O2. The van der Waals surface area contributed by atoms with E-state index in [1.54, 1.807) is 6.07 Å². The molecule has 138 valence electrons. The number of carbonyl (C=O) groups is 2. The van der Waals surface area contributed by atoms with Crippen molar-refractivity contribution in [3.63, 3.8) is 0 Å². The fourth-order valence-corrected chi connectivity index (χ4v) is 4.20. The fraction of sp³-hybridized carbons (Fsp3) is 0.167. The van der Waals surface area contributed by atoms with E-state index in [1.807, 2.05) is 36.4 Å². The minimum atomic E-state index is -0.189. The summed E-state index contributed by atoms with van der Waals surface area (Å²) < 4.78 is 2.11. The monoisotopic (exact) mass is 368 g/mol. The zero-order valence-electron chi connectivity index (χ0n) is 15.7. The van der Waals surface area contributed by atoms with Crippen molar-refractivity contribution in [1.29, 1.82) is 0 Å². The molecule has 2 heterocycles. The number of hydrogen-bond acceptors (Lipinski definition) is 2. The molecule has 0 atom stereocenters. The van der Waals surface area contributed by atoms with Gasteiger partial charge in [-0.2, -0.15) is 0 Å². The van der Waals surface area contributed by atoms with Crippen LogP contribution in [-0.4, -0.2) is 27.8 Å². The highest BCUT2D eigenvalue weighted by Gasteiger charge is 2.37. The van der Waals surface area contributed by atoms with E-state index in [1.165, 1.54) is 4.90 Å². The van der Waals surface area contributed by atoms with Gasteiger partial charge in [-0.05, 0) is 30.7 Å². The fourth-order valence-electron chi connectivity index (χ4n) is 4.20. The Morgan fingerprint density at radius 2 is 1.39 bits per heavy atom. The Hall–Kier alpha value is -3.40. The summed E-state index contributed by atoms with van der Waals surface area (Å²) in [5.41, 5.74) is 3.84. The Balaban J connectivity index is 1.80. The topological polar surface area (TPSA) is 42.3 Å². The van der Waals surface area contributed by atoms with Gasteiger partial charge in [0, 0.05) is 17.3 Å². The highest BCUT2D eigenvalue weighted by Crippen LogP contribution is 2.36. The molecule has 28 heavy (non-hydrogen) atoms. The van der Waals surface area contributed by atoms with Crippen LogP contribution in [0.25, 0.3) is 27.5 Å². The molecule has 1 aliphatic rings. The highest BCUT2D eigenvalue weighted by atomic mass is 16.2. The Bertz CT molecular complexity index is 1200. The maximum absolute atomic E-state index is 13.2. The van der Waals surface area contributed by atoms with Crippen LogP contribution in [0.3, 0.4) is 0 Å². The molecule has 1 aliphatic heterocycles. The third-order valence-corrected chi connectivity index (χ3v) is 5.53. The van der Waals surface area contributed by atoms with Crippen molar-refractivity contribution < 1.29 is 9.59 Å². The van der Waals surface area contributed by atoms with Gasteiger partial charge in [0.15, 0.2) is 0 Å². The molecule has 0 bridgehead atoms. The first-order valence-corrected chi connectivity index (χ1v) is 9.70. The molecule has 3 aromatic carbocycles. The molecule has 0 N–H and O–H groups in total. The number of rotatable bonds is 4. The van der Waals surface area contributed by atoms with E-state index in [4.69, 9.17) is 0 Å². The van der Waals surface area contributed by atoms with Crippen LogP contribution in [0, 0.1) is 0 Å². The van der Waals surface area contributed by atoms with Gasteiger partial charge in [-0.15, -0.1) is 0 Å². The largest absolute Gasteiger partial charge is 0.308 e. The standard InChI is InChI=1S/C24H20N2O2/c1-2-3-15-25-23(27)18-11-8-14-21(22(18)24(25)28)26-19-12-6-4-9-16(19)17-10-5-7-13-20(17)26/h4-14H,2-3,15H2,1H3. The first-order valence-electron chi connectivity index (χ1n) is 9.70. The average molecular weight is 368 g/mol. The quantitative estimate of drug-likeness (QED) is 0.466. The maximum atomic E-state index is 13.2. The van der Waals surface area contributed by atoms with E-state index >= 15 is 0 Å². The van der Waals surface area contributed by atoms with Crippen molar-refractivity contribution in [2.75, 3.05) is 6.54 Å². The number of para-hydroxylation sites is 2. The van der Waals surface area contributed by atoms with Crippen LogP contribution in [0.15, 0.2) is 66.7 Å². The Kier molecular flexibility index (Phi) is 3.79. The second-order valence-corrected chi connectivity index (χ2v) is 7.18. The van der Waals surface area contributed by atoms with Crippen LogP contribution in [0.4, 0.5) is 0 Å². The van der Waals surface area contributed by atoms with E-state index in [9.17, 15) is 9.59 Å². The molecule has 4 heteroatoms. The van der Waals surface area contributed by atoms with Gasteiger partial charge in [-0.25, -0.2) is 0 Å². The lowest BCUT2D eigenvalue weighted by molar-refractivity contribution is 0.0652. The third kappa shape index (κ3) is 2.24. The van der Waals surface area contributed by atoms with Crippen molar-refractivity contribution in [2.24, 2.45) is 0 Å². The molecule has 4 aromatic rings. The lowest BCUT2D eigenvalue weighted by Crippen LogP contribution is -2.30. The number of nitrogens with zero attached hydrogens (tertiary/aromatic N) is 2. The van der Waals surface area contributed by atoms with Crippen LogP contribution >= 0.6 is 0 Å². The molecule has 0 spiro atoms. The first kappa shape index (κ1) is 16.8. The molecule has 0 saturated carbocycles. The number of amides is 2. The highest BCUT2D eigenvalue weighted by molar-refractivity contribution is 6.23. The van der Waals surface area contributed by atoms with E-state index in [0.717, 1.165) is 40.3 Å². The smallest absolute Gasteiger partial charge is 0.263 e. The average Bonchev–Trinajstić information content (AvgIpc) is 3.19. The van der Waals surface area contributed by atoms with Crippen LogP contribution in [0.2, 0.25) is 0 Å². The van der Waals surface area contributed by atoms with Gasteiger partial charge < -0.3 is 4.57 Å². The number of benzene rings is 3. The molecule has 4 nitrogen and oxygen atoms in total. The van der Waals surface area contributed by atoms with Gasteiger partial charge in [0.05, 0.1) is 27.8 Å². The second-order valence-electron chi connectivity index (χ2n) is 7.18. The van der Waals surface area contributed by atoms with Crippen molar-refractivity contribution in [1.82, 2.24) is 9.47 Å². The maximum Gasteiger partial charge on any atom is 0.263 e. The molecule has 0 fully saturated rings. The van der Waals surface area contributed by atoms with Gasteiger partial charge in [0.25, 0.3) is 11.8 Å². The molecular weight excluding hydrogens is 348 g/mol. The summed E-state index contributed by atoms with van der Waals surface area (Å²) in [6.07, 6.45) is 1.75.